The van der Waals surface area contributed by atoms with Gasteiger partial charge in [0.15, 0.2) is 0 Å². The van der Waals surface area contributed by atoms with Crippen molar-refractivity contribution in [2.45, 2.75) is 19.1 Å². The van der Waals surface area contributed by atoms with Gasteiger partial charge in [0.25, 0.3) is 0 Å². The molecule has 0 fully saturated rings. The molecule has 0 radical (unpaired) electrons. The van der Waals surface area contributed by atoms with Crippen LogP contribution >= 0.6 is 21.2 Å². The minimum absolute atomic E-state index is 0.371. The molecule has 0 bridgehead atoms. The van der Waals surface area contributed by atoms with Gasteiger partial charge in [-0.3, -0.25) is 0 Å². The van der Waals surface area contributed by atoms with Gasteiger partial charge in [-0.15, -0.1) is 0 Å². The molecule has 24 heavy (non-hydrogen) atoms. The highest BCUT2D eigenvalue weighted by molar-refractivity contribution is 7.79. The number of benzene rings is 3. The highest BCUT2D eigenvalue weighted by Crippen LogP contribution is 2.23. The number of phenols is 1. The van der Waals surface area contributed by atoms with Gasteiger partial charge in [-0.2, -0.15) is 12.6 Å². The van der Waals surface area contributed by atoms with Crippen LogP contribution in [0.1, 0.15) is 22.3 Å². The Kier molecular flexibility index (Phi) is 5.60. The van der Waals surface area contributed by atoms with E-state index >= 15 is 0 Å². The number of aromatic hydroxyl groups is 1. The van der Waals surface area contributed by atoms with Crippen LogP contribution in [0.3, 0.4) is 0 Å². The second kappa shape index (κ2) is 7.88. The summed E-state index contributed by atoms with van der Waals surface area (Å²) < 4.78 is 0. The Morgan fingerprint density at radius 2 is 1.67 bits per heavy atom. The molecular weight excluding hydrogens is 331 g/mol. The Labute approximate surface area is 151 Å². The molecule has 0 amide bonds. The summed E-state index contributed by atoms with van der Waals surface area (Å²) in [6, 6.07) is 22.8. The zero-order valence-electron chi connectivity index (χ0n) is 13.7. The lowest BCUT2D eigenvalue weighted by Gasteiger charge is -2.12. The summed E-state index contributed by atoms with van der Waals surface area (Å²) in [5, 5.41) is 12.5. The maximum absolute atomic E-state index is 10.3. The van der Waals surface area contributed by atoms with Gasteiger partial charge in [0.2, 0.25) is 0 Å². The summed E-state index contributed by atoms with van der Waals surface area (Å²) in [6.07, 6.45) is 0.881. The molecule has 0 aliphatic carbocycles. The zero-order valence-corrected chi connectivity index (χ0v) is 15.6. The predicted octanol–water partition coefficient (Wildman–Crippen LogP) is 4.35. The van der Waals surface area contributed by atoms with Crippen LogP contribution in [-0.2, 0) is 12.2 Å². The smallest absolute Gasteiger partial charge is 0.123 e. The van der Waals surface area contributed by atoms with Crippen molar-refractivity contribution < 1.29 is 5.11 Å². The average Bonchev–Trinajstić information content (AvgIpc) is 2.60. The van der Waals surface area contributed by atoms with Crippen LogP contribution in [-0.4, -0.2) is 5.11 Å². The van der Waals surface area contributed by atoms with Crippen molar-refractivity contribution in [2.75, 3.05) is 0 Å². The molecule has 122 valence electrons. The highest BCUT2D eigenvalue weighted by atomic mass is 32.1. The van der Waals surface area contributed by atoms with E-state index in [1.54, 1.807) is 0 Å². The minimum Gasteiger partial charge on any atom is -0.507 e. The molecule has 0 saturated carbocycles. The van der Waals surface area contributed by atoms with E-state index in [0.717, 1.165) is 11.7 Å². The third-order valence-electron chi connectivity index (χ3n) is 4.01. The standard InChI is InChI=1S/C21H21OPS/c1-15-7-10-20(18(11-15)14-24)23-21-13-17(8-9-19(21)22)12-16-5-3-2-4-6-16/h2-11,13,22-24H,12,14H2,1H3. The topological polar surface area (TPSA) is 20.2 Å². The third kappa shape index (κ3) is 4.20. The summed E-state index contributed by atoms with van der Waals surface area (Å²) in [6.45, 7) is 2.10. The number of hydrogen-bond donors (Lipinski definition) is 2. The van der Waals surface area contributed by atoms with Gasteiger partial charge < -0.3 is 5.11 Å². The molecule has 0 aliphatic rings. The fraction of sp³-hybridized carbons (Fsp3) is 0.143. The van der Waals surface area contributed by atoms with Gasteiger partial charge in [0, 0.05) is 11.1 Å². The van der Waals surface area contributed by atoms with Gasteiger partial charge in [-0.05, 0) is 47.5 Å². The van der Waals surface area contributed by atoms with Crippen LogP contribution in [0.25, 0.3) is 0 Å². The first kappa shape index (κ1) is 17.1. The van der Waals surface area contributed by atoms with Crippen molar-refractivity contribution in [2.24, 2.45) is 0 Å². The lowest BCUT2D eigenvalue weighted by molar-refractivity contribution is 0.479. The van der Waals surface area contributed by atoms with Crippen LogP contribution in [0.5, 0.6) is 5.75 Å². The van der Waals surface area contributed by atoms with Gasteiger partial charge in [0.05, 0.1) is 0 Å². The molecule has 0 spiro atoms. The van der Waals surface area contributed by atoms with Crippen LogP contribution in [0.2, 0.25) is 0 Å². The normalized spacial score (nSPS) is 11.2. The van der Waals surface area contributed by atoms with Crippen molar-refractivity contribution in [3.05, 3.63) is 89.0 Å². The monoisotopic (exact) mass is 352 g/mol. The van der Waals surface area contributed by atoms with Gasteiger partial charge in [0.1, 0.15) is 5.75 Å². The lowest BCUT2D eigenvalue weighted by atomic mass is 10.1. The van der Waals surface area contributed by atoms with Crippen molar-refractivity contribution in [1.29, 1.82) is 0 Å². The minimum atomic E-state index is 0.371. The number of rotatable bonds is 5. The van der Waals surface area contributed by atoms with E-state index in [2.05, 4.69) is 68.1 Å². The van der Waals surface area contributed by atoms with E-state index in [1.165, 1.54) is 27.6 Å². The molecule has 1 N–H and O–H groups in total. The van der Waals surface area contributed by atoms with E-state index in [4.69, 9.17) is 0 Å². The summed E-state index contributed by atoms with van der Waals surface area (Å²) in [7, 11) is 0.436. The molecule has 1 unspecified atom stereocenters. The Balaban J connectivity index is 1.87. The van der Waals surface area contributed by atoms with E-state index < -0.39 is 0 Å². The Morgan fingerprint density at radius 3 is 2.42 bits per heavy atom. The lowest BCUT2D eigenvalue weighted by Crippen LogP contribution is -2.10. The second-order valence-electron chi connectivity index (χ2n) is 5.96. The maximum Gasteiger partial charge on any atom is 0.123 e. The molecular formula is C21H21OPS. The van der Waals surface area contributed by atoms with Crippen molar-refractivity contribution in [3.8, 4) is 5.75 Å². The summed E-state index contributed by atoms with van der Waals surface area (Å²) >= 11 is 4.45. The Hall–Kier alpha value is -1.76. The first-order chi connectivity index (χ1) is 11.7. The fourth-order valence-corrected chi connectivity index (χ4v) is 4.40. The van der Waals surface area contributed by atoms with Gasteiger partial charge in [-0.25, -0.2) is 0 Å². The van der Waals surface area contributed by atoms with Crippen molar-refractivity contribution in [1.82, 2.24) is 0 Å². The molecule has 0 saturated heterocycles. The van der Waals surface area contributed by atoms with E-state index in [0.29, 0.717) is 20.1 Å². The summed E-state index contributed by atoms with van der Waals surface area (Å²) in [5.74, 6) is 1.09. The van der Waals surface area contributed by atoms with Crippen LogP contribution in [0, 0.1) is 6.92 Å². The molecule has 3 heteroatoms. The van der Waals surface area contributed by atoms with Gasteiger partial charge >= 0.3 is 0 Å². The first-order valence-corrected chi connectivity index (χ1v) is 9.62. The quantitative estimate of drug-likeness (QED) is 0.517. The molecule has 1 atom stereocenters. The molecule has 1 nitrogen and oxygen atoms in total. The molecule has 0 aliphatic heterocycles. The van der Waals surface area contributed by atoms with Crippen LogP contribution in [0.4, 0.5) is 0 Å². The largest absolute Gasteiger partial charge is 0.507 e. The number of thiol groups is 1. The molecule has 0 heterocycles. The van der Waals surface area contributed by atoms with E-state index in [1.807, 2.05) is 18.2 Å². The number of hydrogen-bond acceptors (Lipinski definition) is 2. The van der Waals surface area contributed by atoms with Crippen molar-refractivity contribution in [3.63, 3.8) is 0 Å². The third-order valence-corrected chi connectivity index (χ3v) is 5.78. The molecule has 3 aromatic rings. The zero-order chi connectivity index (χ0) is 16.9. The molecule has 3 aromatic carbocycles. The number of aryl methyl sites for hydroxylation is 1. The van der Waals surface area contributed by atoms with Crippen LogP contribution in [0.15, 0.2) is 66.7 Å². The predicted molar refractivity (Wildman–Crippen MR) is 109 cm³/mol. The van der Waals surface area contributed by atoms with Gasteiger partial charge in [-0.1, -0.05) is 68.7 Å². The second-order valence-corrected chi connectivity index (χ2v) is 7.60. The fourth-order valence-electron chi connectivity index (χ4n) is 2.75. The van der Waals surface area contributed by atoms with Crippen molar-refractivity contribution >= 4 is 31.8 Å². The maximum atomic E-state index is 10.3. The average molecular weight is 352 g/mol. The summed E-state index contributed by atoms with van der Waals surface area (Å²) in [5.41, 5.74) is 4.99. The van der Waals surface area contributed by atoms with E-state index in [9.17, 15) is 5.11 Å². The van der Waals surface area contributed by atoms with E-state index in [-0.39, 0.29) is 0 Å². The van der Waals surface area contributed by atoms with Crippen LogP contribution < -0.4 is 10.6 Å². The number of phenolic OH excluding ortho intramolecular Hbond substituents is 1. The highest BCUT2D eigenvalue weighted by Gasteiger charge is 2.08. The molecule has 3 rings (SSSR count). The first-order valence-electron chi connectivity index (χ1n) is 7.99. The molecule has 0 aromatic heterocycles. The Morgan fingerprint density at radius 1 is 0.875 bits per heavy atom. The Bertz CT molecular complexity index is 830. The SMILES string of the molecule is Cc1ccc(Pc2cc(Cc3ccccc3)ccc2O)c(CS)c1. The summed E-state index contributed by atoms with van der Waals surface area (Å²) in [4.78, 5) is 0.